The average molecular weight is 425 g/mol. The van der Waals surface area contributed by atoms with E-state index in [1.165, 1.54) is 17.8 Å². The number of fused-ring (bicyclic) bond motifs is 1. The number of aryl methyl sites for hydroxylation is 1. The van der Waals surface area contributed by atoms with Crippen LogP contribution in [0.5, 0.6) is 0 Å². The molecule has 0 radical (unpaired) electrons. The van der Waals surface area contributed by atoms with E-state index in [0.717, 1.165) is 36.1 Å². The van der Waals surface area contributed by atoms with Gasteiger partial charge in [0.2, 0.25) is 5.91 Å². The first-order chi connectivity index (χ1) is 14.5. The summed E-state index contributed by atoms with van der Waals surface area (Å²) in [6, 6.07) is 8.35. The molecule has 0 saturated carbocycles. The Labute approximate surface area is 177 Å². The number of halogens is 1. The van der Waals surface area contributed by atoms with E-state index >= 15 is 0 Å². The summed E-state index contributed by atoms with van der Waals surface area (Å²) < 4.78 is 15.4. The van der Waals surface area contributed by atoms with Crippen molar-refractivity contribution in [2.75, 3.05) is 11.1 Å². The Balaban J connectivity index is 1.49. The first kappa shape index (κ1) is 20.3. The lowest BCUT2D eigenvalue weighted by atomic mass is 10.2. The summed E-state index contributed by atoms with van der Waals surface area (Å²) in [7, 11) is 0. The lowest BCUT2D eigenvalue weighted by Crippen LogP contribution is -2.28. The minimum absolute atomic E-state index is 0.0999. The smallest absolute Gasteiger partial charge is 0.325 e. The molecule has 3 aromatic rings. The van der Waals surface area contributed by atoms with Crippen molar-refractivity contribution in [1.82, 2.24) is 14.5 Å². The maximum atomic E-state index is 13.7. The molecule has 8 heteroatoms. The van der Waals surface area contributed by atoms with Gasteiger partial charge in [-0.1, -0.05) is 17.8 Å². The molecule has 0 bridgehead atoms. The third-order valence-corrected chi connectivity index (χ3v) is 6.10. The van der Waals surface area contributed by atoms with Crippen LogP contribution in [0.3, 0.4) is 0 Å². The number of anilines is 1. The minimum Gasteiger partial charge on any atom is -0.325 e. The molecule has 1 N–H and O–H groups in total. The van der Waals surface area contributed by atoms with Gasteiger partial charge >= 0.3 is 5.69 Å². The molecule has 30 heavy (non-hydrogen) atoms. The number of nitrogens with zero attached hydrogens (tertiary/aromatic N) is 3. The first-order valence-electron chi connectivity index (χ1n) is 9.71. The highest BCUT2D eigenvalue weighted by atomic mass is 32.2. The minimum atomic E-state index is -0.363. The third kappa shape index (κ3) is 4.43. The van der Waals surface area contributed by atoms with Crippen LogP contribution in [0.2, 0.25) is 0 Å². The van der Waals surface area contributed by atoms with Crippen LogP contribution in [0.15, 0.2) is 52.5 Å². The molecule has 154 valence electrons. The van der Waals surface area contributed by atoms with E-state index in [-0.39, 0.29) is 23.2 Å². The number of hydrogen-bond acceptors (Lipinski definition) is 5. The number of hydrogen-bond donors (Lipinski definition) is 1. The summed E-state index contributed by atoms with van der Waals surface area (Å²) in [6.07, 6.45) is 6.03. The zero-order valence-corrected chi connectivity index (χ0v) is 17.3. The fourth-order valence-corrected chi connectivity index (χ4v) is 4.42. The Morgan fingerprint density at radius 1 is 1.23 bits per heavy atom. The van der Waals surface area contributed by atoms with Gasteiger partial charge in [0.15, 0.2) is 0 Å². The molecule has 1 aliphatic carbocycles. The highest BCUT2D eigenvalue weighted by Crippen LogP contribution is 2.29. The summed E-state index contributed by atoms with van der Waals surface area (Å²) in [5, 5.41) is 3.30. The van der Waals surface area contributed by atoms with Crippen LogP contribution in [0.4, 0.5) is 10.1 Å². The molecule has 2 aromatic heterocycles. The van der Waals surface area contributed by atoms with Crippen molar-refractivity contribution in [3.8, 4) is 0 Å². The molecule has 0 spiro atoms. The number of amides is 1. The van der Waals surface area contributed by atoms with Crippen LogP contribution < -0.4 is 11.0 Å². The standard InChI is InChI=1S/C22H21FN4O2S/c1-14-5-6-16(11-18(14)23)25-20(28)13-30-21-17-3-2-4-19(17)27(22(29)26-21)12-15-7-9-24-10-8-15/h5-11H,2-4,12-13H2,1H3,(H,25,28). The van der Waals surface area contributed by atoms with Crippen LogP contribution in [-0.2, 0) is 24.2 Å². The summed E-state index contributed by atoms with van der Waals surface area (Å²) in [4.78, 5) is 33.3. The number of nitrogens with one attached hydrogen (secondary N) is 1. The van der Waals surface area contributed by atoms with Gasteiger partial charge in [-0.2, -0.15) is 4.98 Å². The Kier molecular flexibility index (Phi) is 5.94. The fraction of sp³-hybridized carbons (Fsp3) is 0.273. The number of aromatic nitrogens is 3. The maximum Gasteiger partial charge on any atom is 0.349 e. The van der Waals surface area contributed by atoms with Crippen molar-refractivity contribution >= 4 is 23.4 Å². The second kappa shape index (κ2) is 8.79. The molecule has 0 saturated heterocycles. The highest BCUT2D eigenvalue weighted by molar-refractivity contribution is 8.00. The van der Waals surface area contributed by atoms with Crippen molar-refractivity contribution in [1.29, 1.82) is 0 Å². The molecule has 1 aromatic carbocycles. The summed E-state index contributed by atoms with van der Waals surface area (Å²) in [5.41, 5.74) is 3.66. The molecule has 0 unspecified atom stereocenters. The Bertz CT molecular complexity index is 1150. The molecule has 0 fully saturated rings. The molecule has 6 nitrogen and oxygen atoms in total. The first-order valence-corrected chi connectivity index (χ1v) is 10.7. The van der Waals surface area contributed by atoms with Gasteiger partial charge in [-0.15, -0.1) is 0 Å². The van der Waals surface area contributed by atoms with E-state index in [0.29, 0.717) is 22.8 Å². The van der Waals surface area contributed by atoms with Crippen LogP contribution >= 0.6 is 11.8 Å². The van der Waals surface area contributed by atoms with Crippen LogP contribution in [0, 0.1) is 12.7 Å². The summed E-state index contributed by atoms with van der Waals surface area (Å²) in [5.74, 6) is -0.529. The predicted octanol–water partition coefficient (Wildman–Crippen LogP) is 3.35. The van der Waals surface area contributed by atoms with Gasteiger partial charge < -0.3 is 5.32 Å². The van der Waals surface area contributed by atoms with Gasteiger partial charge in [0, 0.05) is 29.3 Å². The predicted molar refractivity (Wildman–Crippen MR) is 114 cm³/mol. The van der Waals surface area contributed by atoms with Crippen molar-refractivity contribution in [2.24, 2.45) is 0 Å². The topological polar surface area (TPSA) is 76.9 Å². The molecule has 1 aliphatic rings. The molecule has 0 atom stereocenters. The number of rotatable bonds is 6. The highest BCUT2D eigenvalue weighted by Gasteiger charge is 2.22. The normalized spacial score (nSPS) is 12.6. The van der Waals surface area contributed by atoms with Gasteiger partial charge in [0.25, 0.3) is 0 Å². The van der Waals surface area contributed by atoms with Crippen molar-refractivity contribution in [3.63, 3.8) is 0 Å². The van der Waals surface area contributed by atoms with Gasteiger partial charge in [-0.05, 0) is 61.6 Å². The number of pyridine rings is 1. The maximum absolute atomic E-state index is 13.7. The lowest BCUT2D eigenvalue weighted by molar-refractivity contribution is -0.113. The molecular weight excluding hydrogens is 403 g/mol. The van der Waals surface area contributed by atoms with Crippen LogP contribution in [-0.4, -0.2) is 26.2 Å². The van der Waals surface area contributed by atoms with Crippen molar-refractivity contribution in [3.05, 3.63) is 81.4 Å². The van der Waals surface area contributed by atoms with E-state index in [1.54, 1.807) is 36.0 Å². The van der Waals surface area contributed by atoms with Gasteiger partial charge in [0.05, 0.1) is 12.3 Å². The SMILES string of the molecule is Cc1ccc(NC(=O)CSc2nc(=O)n(Cc3ccncc3)c3c2CCC3)cc1F. The number of carbonyl (C=O) groups is 1. The number of benzene rings is 1. The number of thioether (sulfide) groups is 1. The number of carbonyl (C=O) groups excluding carboxylic acids is 1. The molecule has 1 amide bonds. The molecule has 0 aliphatic heterocycles. The van der Waals surface area contributed by atoms with E-state index in [1.807, 2.05) is 12.1 Å². The second-order valence-corrected chi connectivity index (χ2v) is 8.18. The summed E-state index contributed by atoms with van der Waals surface area (Å²) in [6.45, 7) is 2.13. The van der Waals surface area contributed by atoms with E-state index in [2.05, 4.69) is 15.3 Å². The second-order valence-electron chi connectivity index (χ2n) is 7.22. The molecule has 4 rings (SSSR count). The largest absolute Gasteiger partial charge is 0.349 e. The fourth-order valence-electron chi connectivity index (χ4n) is 3.54. The Morgan fingerprint density at radius 3 is 2.80 bits per heavy atom. The van der Waals surface area contributed by atoms with Crippen molar-refractivity contribution < 1.29 is 9.18 Å². The Morgan fingerprint density at radius 2 is 2.03 bits per heavy atom. The van der Waals surface area contributed by atoms with E-state index in [9.17, 15) is 14.0 Å². The summed E-state index contributed by atoms with van der Waals surface area (Å²) >= 11 is 1.25. The molecular formula is C22H21FN4O2S. The lowest BCUT2D eigenvalue weighted by Gasteiger charge is -2.14. The zero-order chi connectivity index (χ0) is 21.1. The third-order valence-electron chi connectivity index (χ3n) is 5.09. The monoisotopic (exact) mass is 424 g/mol. The van der Waals surface area contributed by atoms with Gasteiger partial charge in [-0.25, -0.2) is 9.18 Å². The van der Waals surface area contributed by atoms with E-state index < -0.39 is 0 Å². The van der Waals surface area contributed by atoms with Crippen LogP contribution in [0.1, 0.15) is 28.8 Å². The quantitative estimate of drug-likeness (QED) is 0.485. The van der Waals surface area contributed by atoms with Gasteiger partial charge in [-0.3, -0.25) is 14.3 Å². The van der Waals surface area contributed by atoms with Gasteiger partial charge in [0.1, 0.15) is 10.8 Å². The zero-order valence-electron chi connectivity index (χ0n) is 16.5. The average Bonchev–Trinajstić information content (AvgIpc) is 3.22. The van der Waals surface area contributed by atoms with Crippen LogP contribution in [0.25, 0.3) is 0 Å². The van der Waals surface area contributed by atoms with Crippen molar-refractivity contribution in [2.45, 2.75) is 37.8 Å². The van der Waals surface area contributed by atoms with E-state index in [4.69, 9.17) is 0 Å². The Hall–Kier alpha value is -3.00. The molecule has 2 heterocycles.